The third kappa shape index (κ3) is 2.42. The van der Waals surface area contributed by atoms with Crippen LogP contribution in [-0.2, 0) is 4.79 Å². The molecule has 3 nitrogen and oxygen atoms in total. The van der Waals surface area contributed by atoms with E-state index < -0.39 is 0 Å². The van der Waals surface area contributed by atoms with Gasteiger partial charge in [0.05, 0.1) is 0 Å². The van der Waals surface area contributed by atoms with E-state index in [2.05, 4.69) is 11.8 Å². The van der Waals surface area contributed by atoms with Crippen molar-refractivity contribution in [3.05, 3.63) is 0 Å². The summed E-state index contributed by atoms with van der Waals surface area (Å²) in [6.07, 6.45) is 9.67. The van der Waals surface area contributed by atoms with E-state index in [1.54, 1.807) is 0 Å². The first-order valence-electron chi connectivity index (χ1n) is 8.26. The van der Waals surface area contributed by atoms with Crippen molar-refractivity contribution >= 4 is 5.91 Å². The number of hydrogen-bond donors (Lipinski definition) is 1. The summed E-state index contributed by atoms with van der Waals surface area (Å²) >= 11 is 0. The van der Waals surface area contributed by atoms with Crippen molar-refractivity contribution in [2.45, 2.75) is 70.4 Å². The van der Waals surface area contributed by atoms with Gasteiger partial charge in [0.15, 0.2) is 0 Å². The minimum atomic E-state index is 0.274. The molecular weight excluding hydrogens is 236 g/mol. The van der Waals surface area contributed by atoms with Crippen LogP contribution in [0.25, 0.3) is 0 Å². The molecule has 3 fully saturated rings. The maximum absolute atomic E-state index is 12.8. The Morgan fingerprint density at radius 2 is 1.68 bits per heavy atom. The first kappa shape index (κ1) is 13.4. The Kier molecular flexibility index (Phi) is 3.84. The lowest BCUT2D eigenvalue weighted by molar-refractivity contribution is -0.142. The van der Waals surface area contributed by atoms with Crippen LogP contribution in [0.3, 0.4) is 0 Å². The number of carbonyl (C=O) groups excluding carboxylic acids is 1. The van der Waals surface area contributed by atoms with Gasteiger partial charge in [-0.15, -0.1) is 0 Å². The van der Waals surface area contributed by atoms with E-state index in [9.17, 15) is 4.79 Å². The SMILES string of the molecule is CCN(C(=O)C1CC2CCCC(C1)C2N)C1CCC1. The first-order chi connectivity index (χ1) is 9.20. The summed E-state index contributed by atoms with van der Waals surface area (Å²) in [6.45, 7) is 3.02. The highest BCUT2D eigenvalue weighted by Gasteiger charge is 2.42. The molecule has 0 heterocycles. The van der Waals surface area contributed by atoms with Crippen molar-refractivity contribution in [1.82, 2.24) is 4.90 Å². The first-order valence-corrected chi connectivity index (χ1v) is 8.26. The fraction of sp³-hybridized carbons (Fsp3) is 0.938. The van der Waals surface area contributed by atoms with E-state index in [-0.39, 0.29) is 5.92 Å². The highest BCUT2D eigenvalue weighted by atomic mass is 16.2. The molecule has 3 rings (SSSR count). The molecule has 0 aromatic rings. The Balaban J connectivity index is 1.66. The fourth-order valence-electron chi connectivity index (χ4n) is 4.52. The van der Waals surface area contributed by atoms with E-state index in [1.807, 2.05) is 0 Å². The molecule has 2 N–H and O–H groups in total. The summed E-state index contributed by atoms with van der Waals surface area (Å²) in [5.74, 6) is 1.94. The van der Waals surface area contributed by atoms with Crippen molar-refractivity contribution in [2.24, 2.45) is 23.5 Å². The highest BCUT2D eigenvalue weighted by Crippen LogP contribution is 2.43. The molecule has 2 unspecified atom stereocenters. The second-order valence-electron chi connectivity index (χ2n) is 6.91. The Hall–Kier alpha value is -0.570. The van der Waals surface area contributed by atoms with Gasteiger partial charge >= 0.3 is 0 Å². The number of hydrogen-bond acceptors (Lipinski definition) is 2. The van der Waals surface area contributed by atoms with Crippen LogP contribution in [-0.4, -0.2) is 29.4 Å². The third-order valence-electron chi connectivity index (χ3n) is 5.90. The van der Waals surface area contributed by atoms with Gasteiger partial charge in [0, 0.05) is 24.5 Å². The summed E-state index contributed by atoms with van der Waals surface area (Å²) in [5, 5.41) is 0. The van der Waals surface area contributed by atoms with Crippen molar-refractivity contribution in [3.8, 4) is 0 Å². The van der Waals surface area contributed by atoms with Gasteiger partial charge in [-0.1, -0.05) is 6.42 Å². The smallest absolute Gasteiger partial charge is 0.225 e. The molecule has 19 heavy (non-hydrogen) atoms. The van der Waals surface area contributed by atoms with Crippen molar-refractivity contribution in [1.29, 1.82) is 0 Å². The number of amides is 1. The Morgan fingerprint density at radius 3 is 2.16 bits per heavy atom. The second-order valence-corrected chi connectivity index (χ2v) is 6.91. The van der Waals surface area contributed by atoms with E-state index in [0.29, 0.717) is 29.8 Å². The van der Waals surface area contributed by atoms with E-state index in [1.165, 1.54) is 38.5 Å². The van der Waals surface area contributed by atoms with Crippen LogP contribution in [0.15, 0.2) is 0 Å². The molecule has 2 atom stereocenters. The van der Waals surface area contributed by atoms with Gasteiger partial charge in [-0.05, 0) is 63.7 Å². The lowest BCUT2D eigenvalue weighted by Crippen LogP contribution is -2.52. The zero-order valence-corrected chi connectivity index (χ0v) is 12.2. The topological polar surface area (TPSA) is 46.3 Å². The molecule has 3 heteroatoms. The summed E-state index contributed by atoms with van der Waals surface area (Å²) < 4.78 is 0. The molecular formula is C16H28N2O. The maximum atomic E-state index is 12.8. The molecule has 2 bridgehead atoms. The maximum Gasteiger partial charge on any atom is 0.225 e. The minimum absolute atomic E-state index is 0.274. The largest absolute Gasteiger partial charge is 0.340 e. The van der Waals surface area contributed by atoms with Gasteiger partial charge in [-0.2, -0.15) is 0 Å². The van der Waals surface area contributed by atoms with E-state index in [4.69, 9.17) is 5.73 Å². The average Bonchev–Trinajstić information content (AvgIpc) is 2.32. The predicted molar refractivity (Wildman–Crippen MR) is 76.6 cm³/mol. The number of nitrogens with zero attached hydrogens (tertiary/aromatic N) is 1. The number of carbonyl (C=O) groups is 1. The molecule has 0 aliphatic heterocycles. The fourth-order valence-corrected chi connectivity index (χ4v) is 4.52. The van der Waals surface area contributed by atoms with Crippen LogP contribution in [0.5, 0.6) is 0 Å². The van der Waals surface area contributed by atoms with Gasteiger partial charge < -0.3 is 10.6 Å². The van der Waals surface area contributed by atoms with Crippen LogP contribution < -0.4 is 5.73 Å². The Labute approximate surface area is 116 Å². The van der Waals surface area contributed by atoms with Gasteiger partial charge in [0.25, 0.3) is 0 Å². The highest BCUT2D eigenvalue weighted by molar-refractivity contribution is 5.79. The molecule has 3 aliphatic rings. The molecule has 0 spiro atoms. The normalized spacial score (nSPS) is 38.6. The van der Waals surface area contributed by atoms with Crippen molar-refractivity contribution in [3.63, 3.8) is 0 Å². The predicted octanol–water partition coefficient (Wildman–Crippen LogP) is 2.54. The Morgan fingerprint density at radius 1 is 1.11 bits per heavy atom. The molecule has 108 valence electrons. The molecule has 0 saturated heterocycles. The monoisotopic (exact) mass is 264 g/mol. The van der Waals surface area contributed by atoms with Gasteiger partial charge in [0.1, 0.15) is 0 Å². The van der Waals surface area contributed by atoms with E-state index in [0.717, 1.165) is 19.4 Å². The summed E-state index contributed by atoms with van der Waals surface area (Å²) in [7, 11) is 0. The molecule has 3 aliphatic carbocycles. The van der Waals surface area contributed by atoms with Crippen LogP contribution >= 0.6 is 0 Å². The van der Waals surface area contributed by atoms with E-state index >= 15 is 0 Å². The molecule has 3 saturated carbocycles. The number of rotatable bonds is 3. The summed E-state index contributed by atoms with van der Waals surface area (Å²) in [5.41, 5.74) is 6.33. The zero-order chi connectivity index (χ0) is 13.4. The van der Waals surface area contributed by atoms with Gasteiger partial charge in [-0.25, -0.2) is 0 Å². The summed E-state index contributed by atoms with van der Waals surface area (Å²) in [4.78, 5) is 15.0. The minimum Gasteiger partial charge on any atom is -0.340 e. The number of nitrogens with two attached hydrogens (primary N) is 1. The lowest BCUT2D eigenvalue weighted by Gasteiger charge is -2.46. The summed E-state index contributed by atoms with van der Waals surface area (Å²) in [6, 6.07) is 0.921. The van der Waals surface area contributed by atoms with Crippen LogP contribution in [0.2, 0.25) is 0 Å². The van der Waals surface area contributed by atoms with Crippen LogP contribution in [0.1, 0.15) is 58.3 Å². The van der Waals surface area contributed by atoms with Gasteiger partial charge in [-0.3, -0.25) is 4.79 Å². The van der Waals surface area contributed by atoms with Crippen LogP contribution in [0, 0.1) is 17.8 Å². The van der Waals surface area contributed by atoms with Crippen molar-refractivity contribution < 1.29 is 4.79 Å². The van der Waals surface area contributed by atoms with Crippen molar-refractivity contribution in [2.75, 3.05) is 6.54 Å². The zero-order valence-electron chi connectivity index (χ0n) is 12.2. The molecule has 0 aromatic carbocycles. The third-order valence-corrected chi connectivity index (χ3v) is 5.90. The van der Waals surface area contributed by atoms with Crippen LogP contribution in [0.4, 0.5) is 0 Å². The average molecular weight is 264 g/mol. The molecule has 0 radical (unpaired) electrons. The van der Waals surface area contributed by atoms with Gasteiger partial charge in [0.2, 0.25) is 5.91 Å². The molecule has 0 aromatic heterocycles. The molecule has 1 amide bonds. The second kappa shape index (κ2) is 5.43. The Bertz CT molecular complexity index is 326. The lowest BCUT2D eigenvalue weighted by atomic mass is 9.64. The number of fused-ring (bicyclic) bond motifs is 2. The quantitative estimate of drug-likeness (QED) is 0.851. The standard InChI is InChI=1S/C16H28N2O/c1-2-18(14-7-4-8-14)16(19)13-9-11-5-3-6-12(10-13)15(11)17/h11-15H,2-10,17H2,1H3.